The van der Waals surface area contributed by atoms with Crippen LogP contribution in [-0.2, 0) is 25.7 Å². The average Bonchev–Trinajstić information content (AvgIpc) is 3.07. The van der Waals surface area contributed by atoms with Crippen LogP contribution in [0.3, 0.4) is 0 Å². The predicted octanol–water partition coefficient (Wildman–Crippen LogP) is 2.72. The van der Waals surface area contributed by atoms with Crippen molar-refractivity contribution in [1.29, 1.82) is 5.41 Å². The standard InChI is InChI=1S/C19H24N2O5/c1-19(2,3)26-18(24)21-11-7-10-14(21)16(22)15(20)17(23)25-12-13-8-5-4-6-9-13/h4-6,8-9,14,20H,7,10-12H2,1-3H3. The Morgan fingerprint density at radius 3 is 2.46 bits per heavy atom. The number of ketones is 1. The molecule has 1 unspecified atom stereocenters. The minimum Gasteiger partial charge on any atom is -0.456 e. The van der Waals surface area contributed by atoms with E-state index in [1.165, 1.54) is 4.90 Å². The molecule has 0 radical (unpaired) electrons. The van der Waals surface area contributed by atoms with Gasteiger partial charge < -0.3 is 9.47 Å². The largest absolute Gasteiger partial charge is 0.456 e. The van der Waals surface area contributed by atoms with Gasteiger partial charge in [0, 0.05) is 6.54 Å². The summed E-state index contributed by atoms with van der Waals surface area (Å²) in [7, 11) is 0. The Labute approximate surface area is 152 Å². The first-order chi connectivity index (χ1) is 12.2. The maximum Gasteiger partial charge on any atom is 0.410 e. The molecule has 1 N–H and O–H groups in total. The molecule has 1 fully saturated rings. The van der Waals surface area contributed by atoms with Crippen LogP contribution in [0.25, 0.3) is 0 Å². The van der Waals surface area contributed by atoms with Crippen LogP contribution in [0.15, 0.2) is 30.3 Å². The molecule has 1 amide bonds. The maximum absolute atomic E-state index is 12.5. The van der Waals surface area contributed by atoms with Gasteiger partial charge >= 0.3 is 12.1 Å². The minimum absolute atomic E-state index is 0.0181. The summed E-state index contributed by atoms with van der Waals surface area (Å²) in [5, 5.41) is 7.84. The number of carbonyl (C=O) groups excluding carboxylic acids is 3. The van der Waals surface area contributed by atoms with Crippen molar-refractivity contribution in [3.8, 4) is 0 Å². The fourth-order valence-corrected chi connectivity index (χ4v) is 2.64. The van der Waals surface area contributed by atoms with Crippen molar-refractivity contribution < 1.29 is 23.9 Å². The van der Waals surface area contributed by atoms with E-state index in [4.69, 9.17) is 14.9 Å². The van der Waals surface area contributed by atoms with Gasteiger partial charge in [0.2, 0.25) is 5.78 Å². The normalized spacial score (nSPS) is 16.9. The van der Waals surface area contributed by atoms with Gasteiger partial charge in [0.15, 0.2) is 5.71 Å². The zero-order chi connectivity index (χ0) is 19.3. The van der Waals surface area contributed by atoms with Gasteiger partial charge in [-0.05, 0) is 39.2 Å². The van der Waals surface area contributed by atoms with Gasteiger partial charge in [-0.15, -0.1) is 0 Å². The predicted molar refractivity (Wildman–Crippen MR) is 94.9 cm³/mol. The number of amides is 1. The Balaban J connectivity index is 1.96. The van der Waals surface area contributed by atoms with E-state index in [0.29, 0.717) is 19.4 Å². The number of ether oxygens (including phenoxy) is 2. The molecule has 0 bridgehead atoms. The van der Waals surface area contributed by atoms with Crippen molar-refractivity contribution in [2.75, 3.05) is 6.54 Å². The van der Waals surface area contributed by atoms with Crippen LogP contribution in [0.4, 0.5) is 4.79 Å². The Hall–Kier alpha value is -2.70. The molecule has 1 saturated heterocycles. The first-order valence-electron chi connectivity index (χ1n) is 8.52. The number of nitrogens with one attached hydrogen (secondary N) is 1. The molecule has 7 nitrogen and oxygen atoms in total. The van der Waals surface area contributed by atoms with Gasteiger partial charge in [0.05, 0.1) is 0 Å². The van der Waals surface area contributed by atoms with Crippen molar-refractivity contribution >= 4 is 23.6 Å². The lowest BCUT2D eigenvalue weighted by Gasteiger charge is -2.27. The smallest absolute Gasteiger partial charge is 0.410 e. The first kappa shape index (κ1) is 19.6. The molecule has 2 rings (SSSR count). The van der Waals surface area contributed by atoms with E-state index in [9.17, 15) is 14.4 Å². The molecule has 140 valence electrons. The summed E-state index contributed by atoms with van der Waals surface area (Å²) in [5.41, 5.74) is -0.672. The second-order valence-corrected chi connectivity index (χ2v) is 7.13. The van der Waals surface area contributed by atoms with Crippen LogP contribution in [0, 0.1) is 5.41 Å². The fourth-order valence-electron chi connectivity index (χ4n) is 2.64. The van der Waals surface area contributed by atoms with E-state index in [1.54, 1.807) is 45.0 Å². The number of benzene rings is 1. The molecule has 0 aliphatic carbocycles. The summed E-state index contributed by atoms with van der Waals surface area (Å²) in [6.07, 6.45) is 0.396. The highest BCUT2D eigenvalue weighted by atomic mass is 16.6. The van der Waals surface area contributed by atoms with E-state index < -0.39 is 35.2 Å². The first-order valence-corrected chi connectivity index (χ1v) is 8.52. The fraction of sp³-hybridized carbons (Fsp3) is 0.474. The molecule has 7 heteroatoms. The van der Waals surface area contributed by atoms with Crippen LogP contribution < -0.4 is 0 Å². The summed E-state index contributed by atoms with van der Waals surface area (Å²) in [6, 6.07) is 8.14. The molecule has 1 aliphatic heterocycles. The highest BCUT2D eigenvalue weighted by Gasteiger charge is 2.39. The summed E-state index contributed by atoms with van der Waals surface area (Å²) in [5.74, 6) is -1.71. The van der Waals surface area contributed by atoms with E-state index >= 15 is 0 Å². The van der Waals surface area contributed by atoms with Gasteiger partial charge in [-0.3, -0.25) is 15.1 Å². The van der Waals surface area contributed by atoms with Crippen LogP contribution in [0.5, 0.6) is 0 Å². The van der Waals surface area contributed by atoms with Crippen molar-refractivity contribution in [1.82, 2.24) is 4.90 Å². The molecule has 26 heavy (non-hydrogen) atoms. The third kappa shape index (κ3) is 5.15. The third-order valence-corrected chi connectivity index (χ3v) is 3.85. The lowest BCUT2D eigenvalue weighted by molar-refractivity contribution is -0.137. The van der Waals surface area contributed by atoms with Crippen molar-refractivity contribution in [3.63, 3.8) is 0 Å². The van der Waals surface area contributed by atoms with Gasteiger partial charge in [-0.2, -0.15) is 0 Å². The summed E-state index contributed by atoms with van der Waals surface area (Å²) in [6.45, 7) is 5.55. The molecule has 1 aromatic rings. The summed E-state index contributed by atoms with van der Waals surface area (Å²) in [4.78, 5) is 38.0. The van der Waals surface area contributed by atoms with E-state index in [1.807, 2.05) is 6.07 Å². The Morgan fingerprint density at radius 1 is 1.19 bits per heavy atom. The lowest BCUT2D eigenvalue weighted by Crippen LogP contribution is -2.46. The van der Waals surface area contributed by atoms with Crippen molar-refractivity contribution in [3.05, 3.63) is 35.9 Å². The second kappa shape index (κ2) is 8.12. The minimum atomic E-state index is -0.991. The highest BCUT2D eigenvalue weighted by Crippen LogP contribution is 2.22. The van der Waals surface area contributed by atoms with Gasteiger partial charge in [-0.25, -0.2) is 9.59 Å². The number of rotatable bonds is 5. The molecule has 1 atom stereocenters. The van der Waals surface area contributed by atoms with E-state index in [2.05, 4.69) is 0 Å². The number of Topliss-reactive ketones (excluding diaryl/α,β-unsaturated/α-hetero) is 1. The summed E-state index contributed by atoms with van der Waals surface area (Å²) < 4.78 is 10.3. The third-order valence-electron chi connectivity index (χ3n) is 3.85. The summed E-state index contributed by atoms with van der Waals surface area (Å²) >= 11 is 0. The van der Waals surface area contributed by atoms with Crippen LogP contribution in [0.2, 0.25) is 0 Å². The number of esters is 1. The zero-order valence-corrected chi connectivity index (χ0v) is 15.3. The van der Waals surface area contributed by atoms with Crippen molar-refractivity contribution in [2.24, 2.45) is 0 Å². The van der Waals surface area contributed by atoms with Crippen LogP contribution in [0.1, 0.15) is 39.2 Å². The monoisotopic (exact) mass is 360 g/mol. The maximum atomic E-state index is 12.5. The molecule has 0 spiro atoms. The molecule has 0 aromatic heterocycles. The Bertz CT molecular complexity index is 694. The van der Waals surface area contributed by atoms with Crippen LogP contribution in [-0.4, -0.2) is 46.6 Å². The zero-order valence-electron chi connectivity index (χ0n) is 15.3. The van der Waals surface area contributed by atoms with Crippen LogP contribution >= 0.6 is 0 Å². The quantitative estimate of drug-likeness (QED) is 0.495. The van der Waals surface area contributed by atoms with Gasteiger partial charge in [0.1, 0.15) is 18.2 Å². The van der Waals surface area contributed by atoms with E-state index in [-0.39, 0.29) is 6.61 Å². The Kier molecular flexibility index (Phi) is 6.13. The molecule has 1 aliphatic rings. The number of hydrogen-bond acceptors (Lipinski definition) is 6. The molecule has 1 heterocycles. The number of nitrogens with zero attached hydrogens (tertiary/aromatic N) is 1. The van der Waals surface area contributed by atoms with Gasteiger partial charge in [0.25, 0.3) is 0 Å². The highest BCUT2D eigenvalue weighted by molar-refractivity contribution is 6.64. The topological polar surface area (TPSA) is 96.8 Å². The lowest BCUT2D eigenvalue weighted by atomic mass is 10.1. The van der Waals surface area contributed by atoms with Crippen molar-refractivity contribution in [2.45, 2.75) is 51.9 Å². The molecular formula is C19H24N2O5. The Morgan fingerprint density at radius 2 is 1.85 bits per heavy atom. The van der Waals surface area contributed by atoms with Gasteiger partial charge in [-0.1, -0.05) is 30.3 Å². The molecular weight excluding hydrogens is 336 g/mol. The molecule has 0 saturated carbocycles. The van der Waals surface area contributed by atoms with E-state index in [0.717, 1.165) is 5.56 Å². The average molecular weight is 360 g/mol. The number of hydrogen-bond donors (Lipinski definition) is 1. The number of likely N-dealkylation sites (tertiary alicyclic amines) is 1. The molecule has 1 aromatic carbocycles. The SMILES string of the molecule is CC(C)(C)OC(=O)N1CCCC1C(=O)C(=N)C(=O)OCc1ccccc1. The number of carbonyl (C=O) groups is 3. The second-order valence-electron chi connectivity index (χ2n) is 7.13.